The second-order valence-corrected chi connectivity index (χ2v) is 7.39. The molecule has 0 aliphatic carbocycles. The van der Waals surface area contributed by atoms with Crippen molar-refractivity contribution in [2.45, 2.75) is 25.9 Å². The van der Waals surface area contributed by atoms with E-state index in [0.29, 0.717) is 35.7 Å². The highest BCUT2D eigenvalue weighted by molar-refractivity contribution is 14.0. The molecule has 0 spiro atoms. The molecule has 1 aromatic carbocycles. The maximum absolute atomic E-state index is 6.38. The largest absolute Gasteiger partial charge is 0.493 e. The lowest BCUT2D eigenvalue weighted by molar-refractivity contribution is 0.0195. The summed E-state index contributed by atoms with van der Waals surface area (Å²) in [5.74, 6) is 2.15. The molecule has 7 nitrogen and oxygen atoms in total. The third kappa shape index (κ3) is 6.26. The first-order valence-corrected chi connectivity index (χ1v) is 10.3. The first-order chi connectivity index (χ1) is 13.7. The van der Waals surface area contributed by atoms with E-state index in [-0.39, 0.29) is 24.0 Å². The number of benzene rings is 1. The third-order valence-electron chi connectivity index (χ3n) is 5.27. The Bertz CT molecular complexity index is 686. The van der Waals surface area contributed by atoms with Crippen molar-refractivity contribution in [1.29, 1.82) is 0 Å². The summed E-state index contributed by atoms with van der Waals surface area (Å²) in [6, 6.07) is 4.44. The van der Waals surface area contributed by atoms with Gasteiger partial charge >= 0.3 is 0 Å². The summed E-state index contributed by atoms with van der Waals surface area (Å²) in [4.78, 5) is 9.34. The molecule has 1 N–H and O–H groups in total. The summed E-state index contributed by atoms with van der Waals surface area (Å²) in [5.41, 5.74) is 1.02. The summed E-state index contributed by atoms with van der Waals surface area (Å²) in [6.45, 7) is 8.81. The van der Waals surface area contributed by atoms with Crippen LogP contribution in [-0.4, -0.2) is 82.0 Å². The van der Waals surface area contributed by atoms with Gasteiger partial charge in [-0.05, 0) is 31.0 Å². The Kier molecular flexibility index (Phi) is 10.1. The zero-order chi connectivity index (χ0) is 19.9. The van der Waals surface area contributed by atoms with Gasteiger partial charge in [0, 0.05) is 45.8 Å². The molecular weight excluding hydrogens is 507 g/mol. The predicted octanol–water partition coefficient (Wildman–Crippen LogP) is 2.85. The molecule has 2 saturated heterocycles. The molecule has 0 amide bonds. The summed E-state index contributed by atoms with van der Waals surface area (Å²) < 4.78 is 16.5. The van der Waals surface area contributed by atoms with Gasteiger partial charge in [0.2, 0.25) is 0 Å². The van der Waals surface area contributed by atoms with Crippen molar-refractivity contribution in [3.63, 3.8) is 0 Å². The van der Waals surface area contributed by atoms with Gasteiger partial charge in [0.05, 0.1) is 32.0 Å². The number of rotatable bonds is 6. The first kappa shape index (κ1) is 24.3. The molecule has 3 rings (SSSR count). The number of nitrogens with zero attached hydrogens (tertiary/aromatic N) is 3. The molecule has 2 aliphatic heterocycles. The van der Waals surface area contributed by atoms with Gasteiger partial charge in [0.15, 0.2) is 17.5 Å². The maximum atomic E-state index is 6.38. The maximum Gasteiger partial charge on any atom is 0.193 e. The van der Waals surface area contributed by atoms with Crippen molar-refractivity contribution in [2.75, 3.05) is 60.2 Å². The van der Waals surface area contributed by atoms with E-state index >= 15 is 0 Å². The van der Waals surface area contributed by atoms with Crippen molar-refractivity contribution in [1.82, 2.24) is 15.1 Å². The molecule has 1 unspecified atom stereocenters. The molecule has 1 atom stereocenters. The number of guanidine groups is 1. The lowest BCUT2D eigenvalue weighted by atomic mass is 10.2. The second kappa shape index (κ2) is 12.0. The van der Waals surface area contributed by atoms with Crippen LogP contribution in [0.15, 0.2) is 17.1 Å². The monoisotopic (exact) mass is 538 g/mol. The second-order valence-electron chi connectivity index (χ2n) is 6.98. The van der Waals surface area contributed by atoms with E-state index in [1.54, 1.807) is 7.11 Å². The molecule has 0 radical (unpaired) electrons. The van der Waals surface area contributed by atoms with Crippen LogP contribution in [0.5, 0.6) is 11.5 Å². The van der Waals surface area contributed by atoms with E-state index in [2.05, 4.69) is 20.1 Å². The van der Waals surface area contributed by atoms with Gasteiger partial charge < -0.3 is 24.4 Å². The number of halogens is 2. The molecule has 29 heavy (non-hydrogen) atoms. The Hall–Kier alpha value is -0.970. The van der Waals surface area contributed by atoms with Crippen LogP contribution < -0.4 is 14.8 Å². The highest BCUT2D eigenvalue weighted by Gasteiger charge is 2.30. The standard InChI is InChI=1S/C20H31ClN4O3.HI/c1-4-28-19-17(21)11-15(12-18(19)26-3)13-23-20(22-2)25-6-5-16(14-25)24-7-9-27-10-8-24;/h11-12,16H,4-10,13-14H2,1-3H3,(H,22,23);1H. The molecule has 0 aromatic heterocycles. The molecule has 9 heteroatoms. The van der Waals surface area contributed by atoms with Crippen LogP contribution in [0, 0.1) is 0 Å². The first-order valence-electron chi connectivity index (χ1n) is 9.92. The van der Waals surface area contributed by atoms with Crippen LogP contribution in [-0.2, 0) is 11.3 Å². The molecule has 0 bridgehead atoms. The van der Waals surface area contributed by atoms with Gasteiger partial charge in [-0.15, -0.1) is 24.0 Å². The number of ether oxygens (including phenoxy) is 3. The van der Waals surface area contributed by atoms with Gasteiger partial charge in [0.25, 0.3) is 0 Å². The molecule has 164 valence electrons. The van der Waals surface area contributed by atoms with E-state index in [1.165, 1.54) is 0 Å². The zero-order valence-electron chi connectivity index (χ0n) is 17.4. The minimum Gasteiger partial charge on any atom is -0.493 e. The number of hydrogen-bond acceptors (Lipinski definition) is 5. The van der Waals surface area contributed by atoms with E-state index < -0.39 is 0 Å². The SMILES string of the molecule is CCOc1c(Cl)cc(CNC(=NC)N2CCC(N3CCOCC3)C2)cc1OC.I. The molecule has 2 aliphatic rings. The summed E-state index contributed by atoms with van der Waals surface area (Å²) in [6.07, 6.45) is 1.16. The van der Waals surface area contributed by atoms with Crippen molar-refractivity contribution >= 4 is 41.5 Å². The van der Waals surface area contributed by atoms with Crippen LogP contribution >= 0.6 is 35.6 Å². The summed E-state index contributed by atoms with van der Waals surface area (Å²) >= 11 is 6.38. The fourth-order valence-electron chi connectivity index (χ4n) is 3.85. The van der Waals surface area contributed by atoms with Gasteiger partial charge in [-0.25, -0.2) is 0 Å². The van der Waals surface area contributed by atoms with Crippen LogP contribution in [0.3, 0.4) is 0 Å². The van der Waals surface area contributed by atoms with E-state index in [1.807, 2.05) is 26.1 Å². The predicted molar refractivity (Wildman–Crippen MR) is 127 cm³/mol. The van der Waals surface area contributed by atoms with Gasteiger partial charge in [-0.3, -0.25) is 9.89 Å². The quantitative estimate of drug-likeness (QED) is 0.342. The summed E-state index contributed by atoms with van der Waals surface area (Å²) in [7, 11) is 3.45. The van der Waals surface area contributed by atoms with Crippen LogP contribution in [0.2, 0.25) is 5.02 Å². The lowest BCUT2D eigenvalue weighted by Crippen LogP contribution is -2.46. The molecule has 1 aromatic rings. The van der Waals surface area contributed by atoms with Crippen molar-refractivity contribution in [2.24, 2.45) is 4.99 Å². The van der Waals surface area contributed by atoms with E-state index in [0.717, 1.165) is 57.3 Å². The lowest BCUT2D eigenvalue weighted by Gasteiger charge is -2.32. The molecule has 2 heterocycles. The smallest absolute Gasteiger partial charge is 0.193 e. The average molecular weight is 539 g/mol. The Balaban J connectivity index is 0.00000300. The fourth-order valence-corrected chi connectivity index (χ4v) is 4.14. The van der Waals surface area contributed by atoms with Gasteiger partial charge in [-0.1, -0.05) is 11.6 Å². The minimum atomic E-state index is 0. The highest BCUT2D eigenvalue weighted by atomic mass is 127. The molecule has 0 saturated carbocycles. The van der Waals surface area contributed by atoms with Gasteiger partial charge in [-0.2, -0.15) is 0 Å². The Morgan fingerprint density at radius 2 is 2.07 bits per heavy atom. The number of likely N-dealkylation sites (tertiary alicyclic amines) is 1. The average Bonchev–Trinajstić information content (AvgIpc) is 3.21. The number of methoxy groups -OCH3 is 1. The van der Waals surface area contributed by atoms with Gasteiger partial charge in [0.1, 0.15) is 0 Å². The zero-order valence-corrected chi connectivity index (χ0v) is 20.5. The molecular formula is C20H32ClIN4O3. The van der Waals surface area contributed by atoms with E-state index in [4.69, 9.17) is 25.8 Å². The number of morpholine rings is 1. The van der Waals surface area contributed by atoms with Crippen molar-refractivity contribution in [3.05, 3.63) is 22.7 Å². The highest BCUT2D eigenvalue weighted by Crippen LogP contribution is 2.36. The Morgan fingerprint density at radius 1 is 1.31 bits per heavy atom. The number of nitrogens with one attached hydrogen (secondary N) is 1. The van der Waals surface area contributed by atoms with Crippen LogP contribution in [0.1, 0.15) is 18.9 Å². The number of aliphatic imine (C=N–C) groups is 1. The topological polar surface area (TPSA) is 58.6 Å². The van der Waals surface area contributed by atoms with Crippen molar-refractivity contribution < 1.29 is 14.2 Å². The van der Waals surface area contributed by atoms with Crippen LogP contribution in [0.25, 0.3) is 0 Å². The Labute approximate surface area is 195 Å². The summed E-state index contributed by atoms with van der Waals surface area (Å²) in [5, 5.41) is 4.02. The minimum absolute atomic E-state index is 0. The number of hydrogen-bond donors (Lipinski definition) is 1. The third-order valence-corrected chi connectivity index (χ3v) is 5.55. The van der Waals surface area contributed by atoms with E-state index in [9.17, 15) is 0 Å². The Morgan fingerprint density at radius 3 is 2.72 bits per heavy atom. The van der Waals surface area contributed by atoms with Crippen molar-refractivity contribution in [3.8, 4) is 11.5 Å². The fraction of sp³-hybridized carbons (Fsp3) is 0.650. The molecule has 2 fully saturated rings. The van der Waals surface area contributed by atoms with Crippen LogP contribution in [0.4, 0.5) is 0 Å². The normalized spacial score (nSPS) is 20.3.